The molecule has 4 nitrogen and oxygen atoms in total. The lowest BCUT2D eigenvalue weighted by atomic mass is 10.2. The third kappa shape index (κ3) is 4.63. The van der Waals surface area contributed by atoms with E-state index in [1.807, 2.05) is 6.07 Å². The second-order valence-corrected chi connectivity index (χ2v) is 6.07. The van der Waals surface area contributed by atoms with Crippen LogP contribution in [-0.2, 0) is 11.3 Å². The molecule has 1 aliphatic heterocycles. The molecule has 0 atom stereocenters. The number of nitrogens with one attached hydrogen (secondary N) is 1. The van der Waals surface area contributed by atoms with Crippen molar-refractivity contribution in [3.05, 3.63) is 66.0 Å². The first-order chi connectivity index (χ1) is 11.7. The van der Waals surface area contributed by atoms with Gasteiger partial charge in [0.05, 0.1) is 12.2 Å². The van der Waals surface area contributed by atoms with E-state index >= 15 is 0 Å². The summed E-state index contributed by atoms with van der Waals surface area (Å²) in [7, 11) is 0. The number of para-hydroxylation sites is 1. The van der Waals surface area contributed by atoms with Gasteiger partial charge in [-0.15, -0.1) is 0 Å². The number of nitrogens with zero attached hydrogens (tertiary/aromatic N) is 2. The molecule has 0 radical (unpaired) electrons. The van der Waals surface area contributed by atoms with Crippen LogP contribution in [-0.4, -0.2) is 48.4 Å². The Morgan fingerprint density at radius 3 is 2.25 bits per heavy atom. The van der Waals surface area contributed by atoms with Crippen molar-refractivity contribution in [2.75, 3.05) is 38.0 Å². The molecule has 0 bridgehead atoms. The van der Waals surface area contributed by atoms with E-state index in [4.69, 9.17) is 0 Å². The molecule has 0 spiro atoms. The average molecular weight is 327 g/mol. The smallest absolute Gasteiger partial charge is 0.238 e. The van der Waals surface area contributed by atoms with Gasteiger partial charge < -0.3 is 5.32 Å². The molecule has 0 aromatic heterocycles. The number of carbonyl (C=O) groups excluding carboxylic acids is 1. The van der Waals surface area contributed by atoms with E-state index in [1.54, 1.807) is 18.2 Å². The quantitative estimate of drug-likeness (QED) is 0.917. The van der Waals surface area contributed by atoms with Gasteiger partial charge in [-0.2, -0.15) is 0 Å². The minimum Gasteiger partial charge on any atom is -0.322 e. The Morgan fingerprint density at radius 1 is 0.917 bits per heavy atom. The highest BCUT2D eigenvalue weighted by Crippen LogP contribution is 2.13. The second-order valence-electron chi connectivity index (χ2n) is 6.07. The summed E-state index contributed by atoms with van der Waals surface area (Å²) in [6.07, 6.45) is 0. The third-order valence-electron chi connectivity index (χ3n) is 4.23. The number of piperazine rings is 1. The van der Waals surface area contributed by atoms with Gasteiger partial charge in [-0.3, -0.25) is 14.6 Å². The summed E-state index contributed by atoms with van der Waals surface area (Å²) in [6, 6.07) is 16.6. The highest BCUT2D eigenvalue weighted by atomic mass is 19.1. The maximum atomic E-state index is 13.6. The average Bonchev–Trinajstić information content (AvgIpc) is 2.60. The van der Waals surface area contributed by atoms with E-state index in [1.165, 1.54) is 11.6 Å². The van der Waals surface area contributed by atoms with E-state index in [9.17, 15) is 9.18 Å². The maximum Gasteiger partial charge on any atom is 0.238 e. The third-order valence-corrected chi connectivity index (χ3v) is 4.23. The van der Waals surface area contributed by atoms with Gasteiger partial charge >= 0.3 is 0 Å². The zero-order chi connectivity index (χ0) is 16.8. The van der Waals surface area contributed by atoms with Gasteiger partial charge in [0.15, 0.2) is 0 Å². The van der Waals surface area contributed by atoms with Crippen LogP contribution in [0.4, 0.5) is 10.1 Å². The molecule has 2 aromatic carbocycles. The lowest BCUT2D eigenvalue weighted by Crippen LogP contribution is -2.48. The molecule has 126 valence electrons. The van der Waals surface area contributed by atoms with E-state index in [-0.39, 0.29) is 11.6 Å². The molecular formula is C19H22FN3O. The van der Waals surface area contributed by atoms with Gasteiger partial charge in [0.25, 0.3) is 0 Å². The summed E-state index contributed by atoms with van der Waals surface area (Å²) >= 11 is 0. The fraction of sp³-hybridized carbons (Fsp3) is 0.316. The lowest BCUT2D eigenvalue weighted by molar-refractivity contribution is -0.117. The van der Waals surface area contributed by atoms with Gasteiger partial charge in [0.2, 0.25) is 5.91 Å². The molecular weight excluding hydrogens is 305 g/mol. The highest BCUT2D eigenvalue weighted by Gasteiger charge is 2.19. The van der Waals surface area contributed by atoms with Crippen molar-refractivity contribution in [1.29, 1.82) is 0 Å². The van der Waals surface area contributed by atoms with Crippen molar-refractivity contribution in [1.82, 2.24) is 9.80 Å². The minimum atomic E-state index is -0.404. The van der Waals surface area contributed by atoms with Crippen LogP contribution in [0.2, 0.25) is 0 Å². The summed E-state index contributed by atoms with van der Waals surface area (Å²) in [4.78, 5) is 16.6. The number of carbonyl (C=O) groups is 1. The Hall–Kier alpha value is -2.24. The van der Waals surface area contributed by atoms with Crippen LogP contribution in [0.3, 0.4) is 0 Å². The summed E-state index contributed by atoms with van der Waals surface area (Å²) in [5, 5.41) is 2.64. The molecule has 1 fully saturated rings. The van der Waals surface area contributed by atoms with Crippen LogP contribution in [0, 0.1) is 5.82 Å². The van der Waals surface area contributed by atoms with Gasteiger partial charge in [0, 0.05) is 32.7 Å². The molecule has 0 saturated carbocycles. The SMILES string of the molecule is O=C(CN1CCN(Cc2ccccc2)CC1)Nc1ccccc1F. The monoisotopic (exact) mass is 327 g/mol. The minimum absolute atomic E-state index is 0.170. The van der Waals surface area contributed by atoms with Crippen LogP contribution in [0.1, 0.15) is 5.56 Å². The Morgan fingerprint density at radius 2 is 1.54 bits per heavy atom. The van der Waals surface area contributed by atoms with Crippen molar-refractivity contribution in [3.8, 4) is 0 Å². The molecule has 2 aromatic rings. The van der Waals surface area contributed by atoms with Gasteiger partial charge in [-0.05, 0) is 17.7 Å². The van der Waals surface area contributed by atoms with Crippen molar-refractivity contribution < 1.29 is 9.18 Å². The van der Waals surface area contributed by atoms with Crippen molar-refractivity contribution >= 4 is 11.6 Å². The summed E-state index contributed by atoms with van der Waals surface area (Å²) in [5.74, 6) is -0.574. The number of benzene rings is 2. The van der Waals surface area contributed by atoms with Crippen molar-refractivity contribution in [2.24, 2.45) is 0 Å². The molecule has 1 aliphatic rings. The maximum absolute atomic E-state index is 13.6. The van der Waals surface area contributed by atoms with Gasteiger partial charge in [-0.25, -0.2) is 4.39 Å². The Balaban J connectivity index is 1.43. The predicted molar refractivity (Wildman–Crippen MR) is 93.2 cm³/mol. The zero-order valence-corrected chi connectivity index (χ0v) is 13.6. The molecule has 1 saturated heterocycles. The summed E-state index contributed by atoms with van der Waals surface area (Å²) < 4.78 is 13.6. The molecule has 0 unspecified atom stereocenters. The van der Waals surface area contributed by atoms with Gasteiger partial charge in [-0.1, -0.05) is 42.5 Å². The fourth-order valence-electron chi connectivity index (χ4n) is 2.90. The molecule has 1 amide bonds. The summed E-state index contributed by atoms with van der Waals surface area (Å²) in [6.45, 7) is 4.79. The van der Waals surface area contributed by atoms with Gasteiger partial charge in [0.1, 0.15) is 5.82 Å². The number of hydrogen-bond donors (Lipinski definition) is 1. The van der Waals surface area contributed by atoms with Crippen LogP contribution >= 0.6 is 0 Å². The first kappa shape index (κ1) is 16.6. The standard InChI is InChI=1S/C19H22FN3O/c20-17-8-4-5-9-18(17)21-19(24)15-23-12-10-22(11-13-23)14-16-6-2-1-3-7-16/h1-9H,10-15H2,(H,21,24). The van der Waals surface area contributed by atoms with Crippen LogP contribution in [0.5, 0.6) is 0 Å². The predicted octanol–water partition coefficient (Wildman–Crippen LogP) is 2.58. The molecule has 5 heteroatoms. The van der Waals surface area contributed by atoms with Crippen molar-refractivity contribution in [3.63, 3.8) is 0 Å². The second kappa shape index (κ2) is 8.04. The van der Waals surface area contributed by atoms with Crippen LogP contribution in [0.25, 0.3) is 0 Å². The van der Waals surface area contributed by atoms with E-state index in [2.05, 4.69) is 39.4 Å². The van der Waals surface area contributed by atoms with Crippen molar-refractivity contribution in [2.45, 2.75) is 6.54 Å². The molecule has 24 heavy (non-hydrogen) atoms. The summed E-state index contributed by atoms with van der Waals surface area (Å²) in [5.41, 5.74) is 1.55. The molecule has 0 aliphatic carbocycles. The normalized spacial score (nSPS) is 16.0. The van der Waals surface area contributed by atoms with E-state index in [0.29, 0.717) is 6.54 Å². The highest BCUT2D eigenvalue weighted by molar-refractivity contribution is 5.92. The largest absolute Gasteiger partial charge is 0.322 e. The number of hydrogen-bond acceptors (Lipinski definition) is 3. The Kier molecular flexibility index (Phi) is 5.56. The van der Waals surface area contributed by atoms with Crippen LogP contribution < -0.4 is 5.32 Å². The lowest BCUT2D eigenvalue weighted by Gasteiger charge is -2.34. The van der Waals surface area contributed by atoms with Crippen LogP contribution in [0.15, 0.2) is 54.6 Å². The Bertz CT molecular complexity index is 669. The fourth-order valence-corrected chi connectivity index (χ4v) is 2.90. The Labute approximate surface area is 141 Å². The number of amides is 1. The molecule has 3 rings (SSSR count). The van der Waals surface area contributed by atoms with E-state index in [0.717, 1.165) is 32.7 Å². The molecule has 1 heterocycles. The molecule has 1 N–H and O–H groups in total. The zero-order valence-electron chi connectivity index (χ0n) is 13.6. The van der Waals surface area contributed by atoms with E-state index < -0.39 is 5.82 Å². The number of halogens is 1. The topological polar surface area (TPSA) is 35.6 Å². The first-order valence-electron chi connectivity index (χ1n) is 8.24. The number of anilines is 1. The first-order valence-corrected chi connectivity index (χ1v) is 8.24. The number of rotatable bonds is 5.